The number of thioether (sulfide) groups is 1. The van der Waals surface area contributed by atoms with E-state index in [1.54, 1.807) is 28.6 Å². The number of carbonyl (C=O) groups excluding carboxylic acids is 1. The minimum atomic E-state index is -0.355. The Balaban J connectivity index is 1.70. The van der Waals surface area contributed by atoms with Crippen LogP contribution >= 0.6 is 11.8 Å². The topological polar surface area (TPSA) is 57.0 Å². The fourth-order valence-corrected chi connectivity index (χ4v) is 2.69. The molecule has 5 nitrogen and oxygen atoms in total. The minimum Gasteiger partial charge on any atom is -0.457 e. The number of hydrogen-bond donors (Lipinski definition) is 0. The monoisotopic (exact) mass is 327 g/mol. The molecule has 3 rings (SSSR count). The van der Waals surface area contributed by atoms with Gasteiger partial charge in [-0.25, -0.2) is 9.48 Å². The Kier molecular flexibility index (Phi) is 4.62. The minimum absolute atomic E-state index is 0.257. The highest BCUT2D eigenvalue weighted by atomic mass is 32.2. The molecule has 0 aliphatic rings. The van der Waals surface area contributed by atoms with Gasteiger partial charge in [0.2, 0.25) is 0 Å². The third kappa shape index (κ3) is 3.37. The molecule has 0 bridgehead atoms. The first-order valence-electron chi connectivity index (χ1n) is 7.34. The molecule has 0 fully saturated rings. The summed E-state index contributed by atoms with van der Waals surface area (Å²) in [6.45, 7) is 3.00. The van der Waals surface area contributed by atoms with E-state index in [0.29, 0.717) is 11.1 Å². The number of hydrogen-bond acceptors (Lipinski definition) is 5. The van der Waals surface area contributed by atoms with Crippen LogP contribution in [0.4, 0.5) is 0 Å². The van der Waals surface area contributed by atoms with Crippen LogP contribution in [-0.4, -0.2) is 27.2 Å². The van der Waals surface area contributed by atoms with Crippen molar-refractivity contribution in [2.45, 2.75) is 25.0 Å². The molecule has 0 aliphatic heterocycles. The number of benzene rings is 2. The maximum absolute atomic E-state index is 12.2. The average Bonchev–Trinajstić information content (AvgIpc) is 3.02. The second-order valence-electron chi connectivity index (χ2n) is 5.03. The van der Waals surface area contributed by atoms with Gasteiger partial charge in [-0.2, -0.15) is 0 Å². The Morgan fingerprint density at radius 2 is 2.00 bits per heavy atom. The molecule has 23 heavy (non-hydrogen) atoms. The second kappa shape index (κ2) is 6.83. The van der Waals surface area contributed by atoms with Gasteiger partial charge in [0, 0.05) is 11.4 Å². The fourth-order valence-electron chi connectivity index (χ4n) is 2.29. The molecule has 1 heterocycles. The van der Waals surface area contributed by atoms with Crippen LogP contribution in [0, 0.1) is 0 Å². The molecule has 118 valence electrons. The molecular weight excluding hydrogens is 310 g/mol. The van der Waals surface area contributed by atoms with Gasteiger partial charge in [-0.1, -0.05) is 17.3 Å². The molecule has 0 N–H and O–H groups in total. The van der Waals surface area contributed by atoms with Gasteiger partial charge < -0.3 is 4.74 Å². The van der Waals surface area contributed by atoms with Crippen molar-refractivity contribution in [1.29, 1.82) is 0 Å². The van der Waals surface area contributed by atoms with E-state index in [1.165, 1.54) is 4.90 Å². The number of ether oxygens (including phenoxy) is 1. The molecule has 0 amide bonds. The van der Waals surface area contributed by atoms with Crippen molar-refractivity contribution in [3.05, 3.63) is 53.6 Å². The molecule has 3 aromatic rings. The summed E-state index contributed by atoms with van der Waals surface area (Å²) in [4.78, 5) is 13.4. The molecular formula is C17H17N3O2S. The largest absolute Gasteiger partial charge is 0.457 e. The Labute approximate surface area is 138 Å². The van der Waals surface area contributed by atoms with Crippen molar-refractivity contribution in [3.8, 4) is 0 Å². The zero-order valence-corrected chi connectivity index (χ0v) is 13.8. The summed E-state index contributed by atoms with van der Waals surface area (Å²) in [6, 6.07) is 13.3. The molecule has 6 heteroatoms. The first-order chi connectivity index (χ1) is 11.2. The van der Waals surface area contributed by atoms with Crippen LogP contribution in [0.15, 0.2) is 47.4 Å². The van der Waals surface area contributed by atoms with Gasteiger partial charge in [-0.3, -0.25) is 0 Å². The molecule has 0 radical (unpaired) electrons. The van der Waals surface area contributed by atoms with Crippen molar-refractivity contribution in [1.82, 2.24) is 15.0 Å². The lowest BCUT2D eigenvalue weighted by atomic mass is 10.2. The van der Waals surface area contributed by atoms with Gasteiger partial charge in [0.15, 0.2) is 0 Å². The van der Waals surface area contributed by atoms with Crippen molar-refractivity contribution in [2.75, 3.05) is 6.26 Å². The summed E-state index contributed by atoms with van der Waals surface area (Å²) < 4.78 is 7.16. The van der Waals surface area contributed by atoms with Crippen LogP contribution in [-0.2, 0) is 17.9 Å². The maximum atomic E-state index is 12.2. The zero-order valence-electron chi connectivity index (χ0n) is 13.0. The summed E-state index contributed by atoms with van der Waals surface area (Å²) >= 11 is 1.68. The normalized spacial score (nSPS) is 10.9. The standard InChI is InChI=1S/C17H17N3O2S/c1-3-20-16-9-6-13(10-15(16)18-19-20)17(21)22-11-12-4-7-14(23-2)8-5-12/h4-10H,3,11H2,1-2H3. The number of nitrogens with zero attached hydrogens (tertiary/aromatic N) is 3. The summed E-state index contributed by atoms with van der Waals surface area (Å²) in [6.07, 6.45) is 2.03. The molecule has 0 aliphatic carbocycles. The molecule has 0 saturated carbocycles. The number of aryl methyl sites for hydroxylation is 1. The predicted octanol–water partition coefficient (Wildman–Crippen LogP) is 3.53. The summed E-state index contributed by atoms with van der Waals surface area (Å²) in [5.41, 5.74) is 3.07. The first-order valence-corrected chi connectivity index (χ1v) is 8.57. The van der Waals surface area contributed by atoms with Crippen LogP contribution < -0.4 is 0 Å². The Morgan fingerprint density at radius 3 is 2.70 bits per heavy atom. The maximum Gasteiger partial charge on any atom is 0.338 e. The van der Waals surface area contributed by atoms with E-state index in [9.17, 15) is 4.79 Å². The highest BCUT2D eigenvalue weighted by molar-refractivity contribution is 7.98. The van der Waals surface area contributed by atoms with Crippen LogP contribution in [0.1, 0.15) is 22.8 Å². The number of carbonyl (C=O) groups is 1. The van der Waals surface area contributed by atoms with E-state index in [2.05, 4.69) is 10.3 Å². The third-order valence-corrected chi connectivity index (χ3v) is 4.32. The quantitative estimate of drug-likeness (QED) is 0.530. The molecule has 0 atom stereocenters. The molecule has 0 unspecified atom stereocenters. The van der Waals surface area contributed by atoms with Gasteiger partial charge in [-0.15, -0.1) is 16.9 Å². The van der Waals surface area contributed by atoms with E-state index in [-0.39, 0.29) is 12.6 Å². The fraction of sp³-hybridized carbons (Fsp3) is 0.235. The van der Waals surface area contributed by atoms with Gasteiger partial charge in [0.05, 0.1) is 11.1 Å². The molecule has 2 aromatic carbocycles. The van der Waals surface area contributed by atoms with Gasteiger partial charge >= 0.3 is 5.97 Å². The van der Waals surface area contributed by atoms with Crippen LogP contribution in [0.3, 0.4) is 0 Å². The van der Waals surface area contributed by atoms with Gasteiger partial charge in [0.25, 0.3) is 0 Å². The number of aromatic nitrogens is 3. The van der Waals surface area contributed by atoms with Crippen LogP contribution in [0.2, 0.25) is 0 Å². The second-order valence-corrected chi connectivity index (χ2v) is 5.91. The highest BCUT2D eigenvalue weighted by Gasteiger charge is 2.11. The van der Waals surface area contributed by atoms with Gasteiger partial charge in [0.1, 0.15) is 12.1 Å². The lowest BCUT2D eigenvalue weighted by Gasteiger charge is -2.06. The molecule has 0 spiro atoms. The summed E-state index contributed by atoms with van der Waals surface area (Å²) in [5, 5.41) is 8.11. The Hall–Kier alpha value is -2.34. The van der Waals surface area contributed by atoms with Crippen molar-refractivity contribution in [2.24, 2.45) is 0 Å². The number of esters is 1. The molecule has 0 saturated heterocycles. The highest BCUT2D eigenvalue weighted by Crippen LogP contribution is 2.17. The van der Waals surface area contributed by atoms with E-state index in [1.807, 2.05) is 43.5 Å². The van der Waals surface area contributed by atoms with Crippen molar-refractivity contribution in [3.63, 3.8) is 0 Å². The number of rotatable bonds is 5. The first kappa shape index (κ1) is 15.6. The lowest BCUT2D eigenvalue weighted by Crippen LogP contribution is -2.05. The lowest BCUT2D eigenvalue weighted by molar-refractivity contribution is 0.0473. The van der Waals surface area contributed by atoms with Crippen LogP contribution in [0.25, 0.3) is 11.0 Å². The Morgan fingerprint density at radius 1 is 1.22 bits per heavy atom. The van der Waals surface area contributed by atoms with E-state index >= 15 is 0 Å². The van der Waals surface area contributed by atoms with Crippen molar-refractivity contribution >= 4 is 28.8 Å². The average molecular weight is 327 g/mol. The number of fused-ring (bicyclic) bond motifs is 1. The summed E-state index contributed by atoms with van der Waals surface area (Å²) in [7, 11) is 0. The predicted molar refractivity (Wildman–Crippen MR) is 90.5 cm³/mol. The zero-order chi connectivity index (χ0) is 16.2. The Bertz CT molecular complexity index is 827. The van der Waals surface area contributed by atoms with E-state index in [0.717, 1.165) is 17.6 Å². The third-order valence-electron chi connectivity index (χ3n) is 3.58. The van der Waals surface area contributed by atoms with Gasteiger partial charge in [-0.05, 0) is 49.1 Å². The smallest absolute Gasteiger partial charge is 0.338 e. The van der Waals surface area contributed by atoms with Crippen LogP contribution in [0.5, 0.6) is 0 Å². The summed E-state index contributed by atoms with van der Waals surface area (Å²) in [5.74, 6) is -0.355. The SMILES string of the molecule is CCn1nnc2cc(C(=O)OCc3ccc(SC)cc3)ccc21. The van der Waals surface area contributed by atoms with E-state index in [4.69, 9.17) is 4.74 Å². The van der Waals surface area contributed by atoms with Crippen molar-refractivity contribution < 1.29 is 9.53 Å². The van der Waals surface area contributed by atoms with E-state index < -0.39 is 0 Å². The molecule has 1 aromatic heterocycles.